The zero-order chi connectivity index (χ0) is 8.15. The largest absolute Gasteiger partial charge is 0.370 e. The lowest BCUT2D eigenvalue weighted by molar-refractivity contribution is -0.118. The lowest BCUT2D eigenvalue weighted by Gasteiger charge is -2.02. The third-order valence-corrected chi connectivity index (χ3v) is 0.984. The van der Waals surface area contributed by atoms with E-state index in [1.54, 1.807) is 0 Å². The fourth-order valence-electron chi connectivity index (χ4n) is 0.719. The highest BCUT2D eigenvalue weighted by atomic mass is 16.1. The van der Waals surface area contributed by atoms with Crippen LogP contribution in [0.1, 0.15) is 20.3 Å². The molecule has 3 nitrogen and oxygen atoms in total. The summed E-state index contributed by atoms with van der Waals surface area (Å²) in [6.07, 6.45) is 2.05. The number of hydrogen-bond donors (Lipinski definition) is 2. The van der Waals surface area contributed by atoms with E-state index in [2.05, 4.69) is 0 Å². The van der Waals surface area contributed by atoms with E-state index in [-0.39, 0.29) is 18.4 Å². The molecule has 0 saturated carbocycles. The van der Waals surface area contributed by atoms with Gasteiger partial charge in [0, 0.05) is 12.5 Å². The molecule has 3 heteroatoms. The zero-order valence-corrected chi connectivity index (χ0v) is 6.42. The standard InChI is InChI=1S/C7H14N2O/c1-5(2)3-6(8)4-7(9)10/h3,6H,4,8H2,1-2H3,(H2,9,10). The molecule has 0 rings (SSSR count). The molecule has 4 N–H and O–H groups in total. The third kappa shape index (κ3) is 5.31. The molecule has 1 amide bonds. The van der Waals surface area contributed by atoms with Gasteiger partial charge in [-0.15, -0.1) is 0 Å². The number of hydrogen-bond acceptors (Lipinski definition) is 2. The molecule has 0 saturated heterocycles. The van der Waals surface area contributed by atoms with Crippen LogP contribution in [-0.2, 0) is 4.79 Å². The van der Waals surface area contributed by atoms with E-state index in [9.17, 15) is 4.79 Å². The average molecular weight is 142 g/mol. The van der Waals surface area contributed by atoms with Crippen LogP contribution in [0.2, 0.25) is 0 Å². The Morgan fingerprint density at radius 1 is 1.60 bits per heavy atom. The molecule has 0 aliphatic heterocycles. The summed E-state index contributed by atoms with van der Waals surface area (Å²) in [5.74, 6) is -0.356. The molecule has 58 valence electrons. The van der Waals surface area contributed by atoms with Crippen molar-refractivity contribution in [2.45, 2.75) is 26.3 Å². The van der Waals surface area contributed by atoms with Crippen LogP contribution in [0.25, 0.3) is 0 Å². The van der Waals surface area contributed by atoms with Gasteiger partial charge < -0.3 is 11.5 Å². The van der Waals surface area contributed by atoms with E-state index in [1.165, 1.54) is 0 Å². The van der Waals surface area contributed by atoms with Gasteiger partial charge in [-0.1, -0.05) is 11.6 Å². The third-order valence-electron chi connectivity index (χ3n) is 0.984. The first-order valence-corrected chi connectivity index (χ1v) is 3.21. The lowest BCUT2D eigenvalue weighted by Crippen LogP contribution is -2.25. The van der Waals surface area contributed by atoms with E-state index in [1.807, 2.05) is 19.9 Å². The summed E-state index contributed by atoms with van der Waals surface area (Å²) >= 11 is 0. The molecule has 0 spiro atoms. The van der Waals surface area contributed by atoms with Gasteiger partial charge in [0.05, 0.1) is 0 Å². The van der Waals surface area contributed by atoms with Gasteiger partial charge >= 0.3 is 0 Å². The summed E-state index contributed by atoms with van der Waals surface area (Å²) in [5.41, 5.74) is 11.5. The smallest absolute Gasteiger partial charge is 0.219 e. The summed E-state index contributed by atoms with van der Waals surface area (Å²) in [5, 5.41) is 0. The molecular formula is C7H14N2O. The number of allylic oxidation sites excluding steroid dienone is 1. The predicted molar refractivity (Wildman–Crippen MR) is 41.2 cm³/mol. The van der Waals surface area contributed by atoms with Gasteiger partial charge in [-0.25, -0.2) is 0 Å². The highest BCUT2D eigenvalue weighted by Crippen LogP contribution is 1.94. The topological polar surface area (TPSA) is 69.1 Å². The minimum absolute atomic E-state index is 0.220. The Morgan fingerprint density at radius 2 is 2.10 bits per heavy atom. The van der Waals surface area contributed by atoms with E-state index < -0.39 is 0 Å². The Balaban J connectivity index is 3.75. The van der Waals surface area contributed by atoms with Crippen molar-refractivity contribution in [3.8, 4) is 0 Å². The van der Waals surface area contributed by atoms with Crippen LogP contribution in [0, 0.1) is 0 Å². The summed E-state index contributed by atoms with van der Waals surface area (Å²) in [4.78, 5) is 10.3. The molecule has 0 aromatic rings. The minimum Gasteiger partial charge on any atom is -0.370 e. The summed E-state index contributed by atoms with van der Waals surface area (Å²) in [7, 11) is 0. The molecule has 0 aliphatic carbocycles. The van der Waals surface area contributed by atoms with Gasteiger partial charge in [0.25, 0.3) is 0 Å². The second kappa shape index (κ2) is 4.06. The van der Waals surface area contributed by atoms with Gasteiger partial charge in [-0.2, -0.15) is 0 Å². The second-order valence-corrected chi connectivity index (χ2v) is 2.58. The van der Waals surface area contributed by atoms with Crippen molar-refractivity contribution < 1.29 is 4.79 Å². The molecule has 0 heterocycles. The van der Waals surface area contributed by atoms with Crippen molar-refractivity contribution in [1.29, 1.82) is 0 Å². The first-order chi connectivity index (χ1) is 4.52. The Morgan fingerprint density at radius 3 is 2.40 bits per heavy atom. The van der Waals surface area contributed by atoms with Gasteiger partial charge in [0.15, 0.2) is 0 Å². The number of carbonyl (C=O) groups is 1. The van der Waals surface area contributed by atoms with Crippen molar-refractivity contribution in [2.75, 3.05) is 0 Å². The Kier molecular flexibility index (Phi) is 3.72. The fourth-order valence-corrected chi connectivity index (χ4v) is 0.719. The quantitative estimate of drug-likeness (QED) is 0.551. The maximum absolute atomic E-state index is 10.3. The van der Waals surface area contributed by atoms with Crippen LogP contribution in [0.4, 0.5) is 0 Å². The number of nitrogens with two attached hydrogens (primary N) is 2. The lowest BCUT2D eigenvalue weighted by atomic mass is 10.1. The molecular weight excluding hydrogens is 128 g/mol. The van der Waals surface area contributed by atoms with Gasteiger partial charge in [0.2, 0.25) is 5.91 Å². The van der Waals surface area contributed by atoms with Crippen LogP contribution in [-0.4, -0.2) is 11.9 Å². The van der Waals surface area contributed by atoms with Crippen LogP contribution >= 0.6 is 0 Å². The number of amides is 1. The molecule has 10 heavy (non-hydrogen) atoms. The maximum Gasteiger partial charge on any atom is 0.219 e. The van der Waals surface area contributed by atoms with Crippen molar-refractivity contribution in [3.05, 3.63) is 11.6 Å². The summed E-state index contributed by atoms with van der Waals surface area (Å²) < 4.78 is 0. The van der Waals surface area contributed by atoms with Gasteiger partial charge in [-0.3, -0.25) is 4.79 Å². The molecule has 0 aromatic heterocycles. The van der Waals surface area contributed by atoms with Gasteiger partial charge in [-0.05, 0) is 13.8 Å². The molecule has 0 aromatic carbocycles. The van der Waals surface area contributed by atoms with Gasteiger partial charge in [0.1, 0.15) is 0 Å². The summed E-state index contributed by atoms with van der Waals surface area (Å²) in [6.45, 7) is 3.86. The fraction of sp³-hybridized carbons (Fsp3) is 0.571. The van der Waals surface area contributed by atoms with Crippen molar-refractivity contribution in [1.82, 2.24) is 0 Å². The van der Waals surface area contributed by atoms with Crippen molar-refractivity contribution >= 4 is 5.91 Å². The Hall–Kier alpha value is -0.830. The van der Waals surface area contributed by atoms with Crippen molar-refractivity contribution in [3.63, 3.8) is 0 Å². The van der Waals surface area contributed by atoms with Crippen molar-refractivity contribution in [2.24, 2.45) is 11.5 Å². The normalized spacial score (nSPS) is 12.3. The number of rotatable bonds is 3. The molecule has 0 fully saturated rings. The Bertz CT molecular complexity index is 148. The van der Waals surface area contributed by atoms with E-state index >= 15 is 0 Å². The van der Waals surface area contributed by atoms with E-state index in [4.69, 9.17) is 11.5 Å². The average Bonchev–Trinajstić information content (AvgIpc) is 1.58. The molecule has 0 aliphatic rings. The maximum atomic E-state index is 10.3. The van der Waals surface area contributed by atoms with Crippen LogP contribution in [0.5, 0.6) is 0 Å². The zero-order valence-electron chi connectivity index (χ0n) is 6.42. The molecule has 1 unspecified atom stereocenters. The van der Waals surface area contributed by atoms with E-state index in [0.717, 1.165) is 5.57 Å². The highest BCUT2D eigenvalue weighted by molar-refractivity contribution is 5.74. The van der Waals surface area contributed by atoms with Crippen LogP contribution < -0.4 is 11.5 Å². The van der Waals surface area contributed by atoms with Crippen LogP contribution in [0.15, 0.2) is 11.6 Å². The monoisotopic (exact) mass is 142 g/mol. The Labute approximate surface area is 61.1 Å². The van der Waals surface area contributed by atoms with Crippen LogP contribution in [0.3, 0.4) is 0 Å². The number of primary amides is 1. The predicted octanol–water partition coefficient (Wildman–Crippen LogP) is 0.155. The molecule has 0 radical (unpaired) electrons. The molecule has 0 bridgehead atoms. The SMILES string of the molecule is CC(C)=CC(N)CC(N)=O. The summed E-state index contributed by atoms with van der Waals surface area (Å²) in [6, 6.07) is -0.220. The molecule has 1 atom stereocenters. The number of carbonyl (C=O) groups excluding carboxylic acids is 1. The highest BCUT2D eigenvalue weighted by Gasteiger charge is 2.01. The minimum atomic E-state index is -0.356. The second-order valence-electron chi connectivity index (χ2n) is 2.58. The first kappa shape index (κ1) is 9.17. The first-order valence-electron chi connectivity index (χ1n) is 3.21. The van der Waals surface area contributed by atoms with E-state index in [0.29, 0.717) is 0 Å².